The van der Waals surface area contributed by atoms with Crippen LogP contribution in [0.4, 0.5) is 10.1 Å². The fourth-order valence-electron chi connectivity index (χ4n) is 2.84. The first-order valence-corrected chi connectivity index (χ1v) is 7.50. The molecule has 0 bridgehead atoms. The van der Waals surface area contributed by atoms with Gasteiger partial charge in [-0.2, -0.15) is 0 Å². The van der Waals surface area contributed by atoms with E-state index in [-0.39, 0.29) is 11.7 Å². The van der Waals surface area contributed by atoms with Gasteiger partial charge < -0.3 is 9.88 Å². The van der Waals surface area contributed by atoms with Crippen LogP contribution in [0.25, 0.3) is 10.9 Å². The molecule has 3 rings (SSSR count). The molecule has 3 aromatic rings. The molecule has 23 heavy (non-hydrogen) atoms. The minimum atomic E-state index is -0.320. The molecule has 1 aromatic heterocycles. The molecule has 0 aliphatic rings. The van der Waals surface area contributed by atoms with Gasteiger partial charge in [-0.05, 0) is 50.1 Å². The zero-order chi connectivity index (χ0) is 16.7. The molecule has 0 radical (unpaired) electrons. The first-order chi connectivity index (χ1) is 10.9. The van der Waals surface area contributed by atoms with E-state index in [0.717, 1.165) is 22.0 Å². The number of carbonyl (C=O) groups excluding carboxylic acids is 1. The van der Waals surface area contributed by atoms with Crippen LogP contribution in [0.15, 0.2) is 36.5 Å². The van der Waals surface area contributed by atoms with Crippen molar-refractivity contribution in [3.8, 4) is 0 Å². The molecule has 0 atom stereocenters. The van der Waals surface area contributed by atoms with Crippen LogP contribution in [-0.4, -0.2) is 10.5 Å². The van der Waals surface area contributed by atoms with E-state index in [9.17, 15) is 9.18 Å². The molecule has 1 amide bonds. The predicted molar refractivity (Wildman–Crippen MR) is 91.5 cm³/mol. The molecule has 0 unspecified atom stereocenters. The highest BCUT2D eigenvalue weighted by molar-refractivity contribution is 6.13. The minimum Gasteiger partial charge on any atom is -0.350 e. The lowest BCUT2D eigenvalue weighted by molar-refractivity contribution is 0.102. The van der Waals surface area contributed by atoms with Crippen LogP contribution in [0.3, 0.4) is 0 Å². The van der Waals surface area contributed by atoms with Crippen molar-refractivity contribution in [2.75, 3.05) is 5.32 Å². The van der Waals surface area contributed by atoms with E-state index in [0.29, 0.717) is 16.8 Å². The third kappa shape index (κ3) is 2.72. The number of aromatic nitrogens is 1. The number of anilines is 1. The summed E-state index contributed by atoms with van der Waals surface area (Å²) in [7, 11) is 1.91. The summed E-state index contributed by atoms with van der Waals surface area (Å²) >= 11 is 0. The van der Waals surface area contributed by atoms with Gasteiger partial charge in [0, 0.05) is 29.8 Å². The average Bonchev–Trinajstić information content (AvgIpc) is 2.81. The molecule has 2 aromatic carbocycles. The maximum atomic E-state index is 13.8. The Labute approximate surface area is 134 Å². The summed E-state index contributed by atoms with van der Waals surface area (Å²) in [5.41, 5.74) is 4.59. The van der Waals surface area contributed by atoms with Crippen molar-refractivity contribution >= 4 is 22.5 Å². The minimum absolute atomic E-state index is 0.229. The molecule has 1 N–H and O–H groups in total. The largest absolute Gasteiger partial charge is 0.350 e. The number of fused-ring (bicyclic) bond motifs is 1. The summed E-state index contributed by atoms with van der Waals surface area (Å²) in [5.74, 6) is -0.549. The maximum Gasteiger partial charge on any atom is 0.257 e. The summed E-state index contributed by atoms with van der Waals surface area (Å²) < 4.78 is 15.7. The summed E-state index contributed by atoms with van der Waals surface area (Å²) in [6, 6.07) is 9.12. The molecule has 0 aliphatic heterocycles. The molecule has 3 nitrogen and oxygen atoms in total. The number of nitrogens with zero attached hydrogens (tertiary/aromatic N) is 1. The van der Waals surface area contributed by atoms with Crippen molar-refractivity contribution < 1.29 is 9.18 Å². The molecule has 0 saturated heterocycles. The Balaban J connectivity index is 2.02. The number of benzene rings is 2. The molecule has 0 fully saturated rings. The number of aryl methyl sites for hydroxylation is 4. The number of nitrogens with one attached hydrogen (secondary N) is 1. The number of carbonyl (C=O) groups is 1. The van der Waals surface area contributed by atoms with Crippen molar-refractivity contribution in [1.29, 1.82) is 0 Å². The van der Waals surface area contributed by atoms with E-state index in [1.807, 2.05) is 43.7 Å². The van der Waals surface area contributed by atoms with Crippen molar-refractivity contribution in [2.45, 2.75) is 20.8 Å². The Morgan fingerprint density at radius 1 is 1.09 bits per heavy atom. The van der Waals surface area contributed by atoms with Gasteiger partial charge in [0.2, 0.25) is 0 Å². The smallest absolute Gasteiger partial charge is 0.257 e. The molecule has 1 heterocycles. The second kappa shape index (κ2) is 5.54. The van der Waals surface area contributed by atoms with Gasteiger partial charge in [0.05, 0.1) is 5.56 Å². The van der Waals surface area contributed by atoms with Gasteiger partial charge in [0.25, 0.3) is 5.91 Å². The van der Waals surface area contributed by atoms with Crippen molar-refractivity contribution in [2.24, 2.45) is 7.05 Å². The summed E-state index contributed by atoms with van der Waals surface area (Å²) in [6.07, 6.45) is 1.80. The standard InChI is InChI=1S/C19H19FN2O/c1-11-5-6-18-14(7-11)15(10-22(18)4)19(23)21-17-9-16(20)12(2)8-13(17)3/h5-10H,1-4H3,(H,21,23). The fourth-order valence-corrected chi connectivity index (χ4v) is 2.84. The van der Waals surface area contributed by atoms with Crippen LogP contribution >= 0.6 is 0 Å². The molecule has 0 saturated carbocycles. The topological polar surface area (TPSA) is 34.0 Å². The van der Waals surface area contributed by atoms with E-state index >= 15 is 0 Å². The van der Waals surface area contributed by atoms with Gasteiger partial charge in [-0.3, -0.25) is 4.79 Å². The average molecular weight is 310 g/mol. The highest BCUT2D eigenvalue weighted by Crippen LogP contribution is 2.25. The lowest BCUT2D eigenvalue weighted by Gasteiger charge is -2.09. The Kier molecular flexibility index (Phi) is 3.68. The zero-order valence-corrected chi connectivity index (χ0v) is 13.7. The molecule has 118 valence electrons. The number of hydrogen-bond acceptors (Lipinski definition) is 1. The number of hydrogen-bond donors (Lipinski definition) is 1. The number of halogens is 1. The van der Waals surface area contributed by atoms with Crippen molar-refractivity contribution in [1.82, 2.24) is 4.57 Å². The SMILES string of the molecule is Cc1ccc2c(c1)c(C(=O)Nc1cc(F)c(C)cc1C)cn2C. The Bertz CT molecular complexity index is 925. The lowest BCUT2D eigenvalue weighted by atomic mass is 10.1. The van der Waals surface area contributed by atoms with Crippen LogP contribution in [0.1, 0.15) is 27.0 Å². The third-order valence-electron chi connectivity index (χ3n) is 4.14. The Morgan fingerprint density at radius 3 is 2.57 bits per heavy atom. The number of amides is 1. The monoisotopic (exact) mass is 310 g/mol. The van der Waals surface area contributed by atoms with Crippen molar-refractivity contribution in [3.05, 3.63) is 64.6 Å². The van der Waals surface area contributed by atoms with Gasteiger partial charge in [0.15, 0.2) is 0 Å². The zero-order valence-electron chi connectivity index (χ0n) is 13.7. The third-order valence-corrected chi connectivity index (χ3v) is 4.14. The summed E-state index contributed by atoms with van der Waals surface area (Å²) in [4.78, 5) is 12.7. The van der Waals surface area contributed by atoms with Gasteiger partial charge >= 0.3 is 0 Å². The van der Waals surface area contributed by atoms with Gasteiger partial charge in [-0.1, -0.05) is 17.7 Å². The second-order valence-electron chi connectivity index (χ2n) is 6.04. The van der Waals surface area contributed by atoms with E-state index in [1.165, 1.54) is 6.07 Å². The van der Waals surface area contributed by atoms with Crippen LogP contribution in [0, 0.1) is 26.6 Å². The maximum absolute atomic E-state index is 13.8. The lowest BCUT2D eigenvalue weighted by Crippen LogP contribution is -2.13. The van der Waals surface area contributed by atoms with Gasteiger partial charge in [-0.15, -0.1) is 0 Å². The van der Waals surface area contributed by atoms with Gasteiger partial charge in [0.1, 0.15) is 5.82 Å². The fraction of sp³-hybridized carbons (Fsp3) is 0.211. The second-order valence-corrected chi connectivity index (χ2v) is 6.04. The highest BCUT2D eigenvalue weighted by Gasteiger charge is 2.15. The molecule has 4 heteroatoms. The van der Waals surface area contributed by atoms with E-state index in [2.05, 4.69) is 5.32 Å². The highest BCUT2D eigenvalue weighted by atomic mass is 19.1. The quantitative estimate of drug-likeness (QED) is 0.743. The molecule has 0 aliphatic carbocycles. The van der Waals surface area contributed by atoms with Crippen LogP contribution in [0.5, 0.6) is 0 Å². The summed E-state index contributed by atoms with van der Waals surface area (Å²) in [5, 5.41) is 3.73. The summed E-state index contributed by atoms with van der Waals surface area (Å²) in [6.45, 7) is 5.56. The predicted octanol–water partition coefficient (Wildman–Crippen LogP) is 4.49. The van der Waals surface area contributed by atoms with Crippen LogP contribution in [-0.2, 0) is 7.05 Å². The molecule has 0 spiro atoms. The van der Waals surface area contributed by atoms with E-state index in [4.69, 9.17) is 0 Å². The van der Waals surface area contributed by atoms with Crippen LogP contribution < -0.4 is 5.32 Å². The Hall–Kier alpha value is -2.62. The van der Waals surface area contributed by atoms with Crippen LogP contribution in [0.2, 0.25) is 0 Å². The Morgan fingerprint density at radius 2 is 1.83 bits per heavy atom. The van der Waals surface area contributed by atoms with E-state index < -0.39 is 0 Å². The van der Waals surface area contributed by atoms with Crippen molar-refractivity contribution in [3.63, 3.8) is 0 Å². The normalized spacial score (nSPS) is 11.0. The molecular weight excluding hydrogens is 291 g/mol. The number of rotatable bonds is 2. The first kappa shape index (κ1) is 15.3. The van der Waals surface area contributed by atoms with Gasteiger partial charge in [-0.25, -0.2) is 4.39 Å². The molecular formula is C19H19FN2O. The van der Waals surface area contributed by atoms with E-state index in [1.54, 1.807) is 19.2 Å². The first-order valence-electron chi connectivity index (χ1n) is 7.50.